The molecule has 17 heavy (non-hydrogen) atoms. The molecule has 0 unspecified atom stereocenters. The Hall–Kier alpha value is -1.94. The van der Waals surface area contributed by atoms with Crippen molar-refractivity contribution in [3.8, 4) is 0 Å². The molecule has 10 heteroatoms. The molecule has 0 atom stereocenters. The van der Waals surface area contributed by atoms with Crippen LogP contribution >= 0.6 is 0 Å². The fourth-order valence-corrected chi connectivity index (χ4v) is 2.37. The van der Waals surface area contributed by atoms with Gasteiger partial charge in [0.15, 0.2) is 5.03 Å². The first-order chi connectivity index (χ1) is 7.84. The summed E-state index contributed by atoms with van der Waals surface area (Å²) in [6.45, 7) is -1.27. The normalized spacial score (nSPS) is 11.6. The second kappa shape index (κ2) is 4.93. The number of nitrogens with one attached hydrogen (secondary N) is 1. The summed E-state index contributed by atoms with van der Waals surface area (Å²) in [5.74, 6) is -1.79. The van der Waals surface area contributed by atoms with Crippen LogP contribution in [0, 0.1) is 0 Å². The van der Waals surface area contributed by atoms with Gasteiger partial charge in [0, 0.05) is 0 Å². The lowest BCUT2D eigenvalue weighted by molar-refractivity contribution is -0.120. The van der Waals surface area contributed by atoms with Crippen LogP contribution in [0.3, 0.4) is 0 Å². The van der Waals surface area contributed by atoms with E-state index in [0.717, 1.165) is 0 Å². The summed E-state index contributed by atoms with van der Waals surface area (Å²) in [4.78, 5) is 21.5. The number of nitrogens with zero attached hydrogens (tertiary/aromatic N) is 2. The van der Waals surface area contributed by atoms with E-state index in [1.165, 1.54) is 12.3 Å². The minimum atomic E-state index is -4.03. The first-order valence-corrected chi connectivity index (χ1v) is 5.84. The van der Waals surface area contributed by atoms with Gasteiger partial charge in [-0.2, -0.15) is 9.40 Å². The fourth-order valence-electron chi connectivity index (χ4n) is 1.10. The summed E-state index contributed by atoms with van der Waals surface area (Å²) in [5.41, 5.74) is 9.79. The van der Waals surface area contributed by atoms with Crippen molar-refractivity contribution in [2.45, 2.75) is 5.03 Å². The van der Waals surface area contributed by atoms with E-state index in [1.54, 1.807) is 0 Å². The van der Waals surface area contributed by atoms with Crippen LogP contribution < -0.4 is 11.5 Å². The number of hydrogen-bond donors (Lipinski definition) is 3. The smallest absolute Gasteiger partial charge is 0.260 e. The van der Waals surface area contributed by atoms with Crippen molar-refractivity contribution in [3.63, 3.8) is 0 Å². The van der Waals surface area contributed by atoms with E-state index in [1.807, 2.05) is 0 Å². The quantitative estimate of drug-likeness (QED) is 0.511. The van der Waals surface area contributed by atoms with Gasteiger partial charge in [-0.25, -0.2) is 8.42 Å². The van der Waals surface area contributed by atoms with Gasteiger partial charge in [-0.3, -0.25) is 14.7 Å². The number of rotatable bonds is 6. The predicted molar refractivity (Wildman–Crippen MR) is 55.7 cm³/mol. The number of sulfonamides is 1. The van der Waals surface area contributed by atoms with Gasteiger partial charge in [-0.05, 0) is 6.07 Å². The van der Waals surface area contributed by atoms with E-state index in [-0.39, 0.29) is 5.03 Å². The Labute approximate surface area is 96.8 Å². The van der Waals surface area contributed by atoms with Crippen molar-refractivity contribution >= 4 is 21.8 Å². The summed E-state index contributed by atoms with van der Waals surface area (Å²) in [7, 11) is -4.03. The van der Waals surface area contributed by atoms with Gasteiger partial charge < -0.3 is 11.5 Å². The molecule has 0 saturated carbocycles. The lowest BCUT2D eigenvalue weighted by Crippen LogP contribution is -2.43. The van der Waals surface area contributed by atoms with Gasteiger partial charge in [0.25, 0.3) is 10.0 Å². The molecule has 0 bridgehead atoms. The zero-order chi connectivity index (χ0) is 13.1. The van der Waals surface area contributed by atoms with Gasteiger partial charge in [0.05, 0.1) is 19.3 Å². The second-order valence-corrected chi connectivity index (χ2v) is 5.03. The molecular weight excluding hydrogens is 250 g/mol. The number of hydrogen-bond acceptors (Lipinski definition) is 5. The SMILES string of the molecule is NC(=O)CN(CC(N)=O)S(=O)(=O)c1ccn[nH]1. The van der Waals surface area contributed by atoms with Crippen LogP contribution in [0.4, 0.5) is 0 Å². The monoisotopic (exact) mass is 261 g/mol. The van der Waals surface area contributed by atoms with Crippen molar-refractivity contribution < 1.29 is 18.0 Å². The summed E-state index contributed by atoms with van der Waals surface area (Å²) < 4.78 is 24.4. The molecule has 94 valence electrons. The molecule has 9 nitrogen and oxygen atoms in total. The third-order valence-corrected chi connectivity index (χ3v) is 3.48. The lowest BCUT2D eigenvalue weighted by atomic mass is 10.5. The molecule has 5 N–H and O–H groups in total. The van der Waals surface area contributed by atoms with E-state index >= 15 is 0 Å². The third-order valence-electron chi connectivity index (χ3n) is 1.76. The minimum Gasteiger partial charge on any atom is -0.369 e. The standard InChI is InChI=1S/C7H11N5O4S/c8-5(13)3-12(4-6(9)14)17(15,16)7-1-2-10-11-7/h1-2H,3-4H2,(H2,8,13)(H2,9,14)(H,10,11). The van der Waals surface area contributed by atoms with E-state index in [9.17, 15) is 18.0 Å². The molecule has 0 aliphatic heterocycles. The Kier molecular flexibility index (Phi) is 3.81. The van der Waals surface area contributed by atoms with Gasteiger partial charge in [-0.15, -0.1) is 0 Å². The first-order valence-electron chi connectivity index (χ1n) is 4.40. The molecule has 1 aromatic heterocycles. The summed E-state index contributed by atoms with van der Waals surface area (Å²) in [6.07, 6.45) is 1.22. The van der Waals surface area contributed by atoms with Crippen molar-refractivity contribution in [1.29, 1.82) is 0 Å². The Bertz CT molecular complexity index is 492. The van der Waals surface area contributed by atoms with Crippen LogP contribution in [0.2, 0.25) is 0 Å². The van der Waals surface area contributed by atoms with Gasteiger partial charge >= 0.3 is 0 Å². The number of amides is 2. The van der Waals surface area contributed by atoms with Crippen LogP contribution in [0.15, 0.2) is 17.3 Å². The number of primary amides is 2. The maximum atomic E-state index is 11.9. The van der Waals surface area contributed by atoms with E-state index < -0.39 is 34.9 Å². The zero-order valence-electron chi connectivity index (χ0n) is 8.66. The van der Waals surface area contributed by atoms with Crippen LogP contribution in [-0.4, -0.2) is 47.8 Å². The number of aromatic nitrogens is 2. The number of aromatic amines is 1. The Morgan fingerprint density at radius 1 is 1.29 bits per heavy atom. The molecule has 2 amide bonds. The highest BCUT2D eigenvalue weighted by atomic mass is 32.2. The van der Waals surface area contributed by atoms with E-state index in [4.69, 9.17) is 11.5 Å². The van der Waals surface area contributed by atoms with Gasteiger partial charge in [0.2, 0.25) is 11.8 Å². The van der Waals surface area contributed by atoms with Crippen molar-refractivity contribution in [2.24, 2.45) is 11.5 Å². The van der Waals surface area contributed by atoms with E-state index in [2.05, 4.69) is 10.2 Å². The highest BCUT2D eigenvalue weighted by Gasteiger charge is 2.28. The largest absolute Gasteiger partial charge is 0.369 e. The van der Waals surface area contributed by atoms with Crippen LogP contribution in [0.25, 0.3) is 0 Å². The maximum absolute atomic E-state index is 11.9. The predicted octanol–water partition coefficient (Wildman–Crippen LogP) is -2.63. The maximum Gasteiger partial charge on any atom is 0.260 e. The number of nitrogens with two attached hydrogens (primary N) is 2. The average molecular weight is 261 g/mol. The highest BCUT2D eigenvalue weighted by molar-refractivity contribution is 7.89. The molecule has 0 aliphatic carbocycles. The number of carbonyl (C=O) groups is 2. The minimum absolute atomic E-state index is 0.250. The Morgan fingerprint density at radius 3 is 2.18 bits per heavy atom. The van der Waals surface area contributed by atoms with Crippen molar-refractivity contribution in [2.75, 3.05) is 13.1 Å². The summed E-state index contributed by atoms with van der Waals surface area (Å²) in [6, 6.07) is 1.18. The molecule has 0 saturated heterocycles. The van der Waals surface area contributed by atoms with Crippen LogP contribution in [0.5, 0.6) is 0 Å². The molecule has 0 spiro atoms. The van der Waals surface area contributed by atoms with Crippen molar-refractivity contribution in [1.82, 2.24) is 14.5 Å². The fraction of sp³-hybridized carbons (Fsp3) is 0.286. The second-order valence-electron chi connectivity index (χ2n) is 3.13. The lowest BCUT2D eigenvalue weighted by Gasteiger charge is -2.17. The molecule has 0 radical (unpaired) electrons. The Balaban J connectivity index is 3.04. The van der Waals surface area contributed by atoms with Crippen LogP contribution in [-0.2, 0) is 19.6 Å². The van der Waals surface area contributed by atoms with Crippen molar-refractivity contribution in [3.05, 3.63) is 12.3 Å². The number of H-pyrrole nitrogens is 1. The van der Waals surface area contributed by atoms with Crippen LogP contribution in [0.1, 0.15) is 0 Å². The number of carbonyl (C=O) groups excluding carboxylic acids is 2. The molecule has 0 aromatic carbocycles. The average Bonchev–Trinajstić information content (AvgIpc) is 2.68. The summed E-state index contributed by atoms with van der Waals surface area (Å²) in [5, 5.41) is 5.44. The summed E-state index contributed by atoms with van der Waals surface area (Å²) >= 11 is 0. The molecule has 1 heterocycles. The zero-order valence-corrected chi connectivity index (χ0v) is 9.48. The molecule has 1 rings (SSSR count). The third kappa shape index (κ3) is 3.26. The molecule has 0 fully saturated rings. The molecule has 1 aromatic rings. The highest BCUT2D eigenvalue weighted by Crippen LogP contribution is 2.11. The molecule has 0 aliphatic rings. The Morgan fingerprint density at radius 2 is 1.82 bits per heavy atom. The van der Waals surface area contributed by atoms with Gasteiger partial charge in [-0.1, -0.05) is 0 Å². The van der Waals surface area contributed by atoms with Gasteiger partial charge in [0.1, 0.15) is 0 Å². The first kappa shape index (κ1) is 13.1. The van der Waals surface area contributed by atoms with E-state index in [0.29, 0.717) is 4.31 Å². The topological polar surface area (TPSA) is 152 Å². The molecular formula is C7H11N5O4S.